The minimum atomic E-state index is 1.07. The Morgan fingerprint density at radius 3 is 2.93 bits per heavy atom. The van der Waals surface area contributed by atoms with Gasteiger partial charge in [-0.3, -0.25) is 0 Å². The van der Waals surface area contributed by atoms with Crippen molar-refractivity contribution in [2.45, 2.75) is 20.3 Å². The number of nitrogens with zero attached hydrogens (tertiary/aromatic N) is 1. The molecule has 0 atom stereocenters. The van der Waals surface area contributed by atoms with E-state index in [1.165, 1.54) is 16.9 Å². The lowest BCUT2D eigenvalue weighted by atomic mass is 10.1. The maximum Gasteiger partial charge on any atom is 0.0611 e. The zero-order valence-corrected chi connectivity index (χ0v) is 9.01. The molecule has 0 amide bonds. The average molecular weight is 190 g/mol. The lowest BCUT2D eigenvalue weighted by Gasteiger charge is -2.32. The summed E-state index contributed by atoms with van der Waals surface area (Å²) in [5.41, 5.74) is 4.15. The highest BCUT2D eigenvalue weighted by atomic mass is 15.2. The van der Waals surface area contributed by atoms with Gasteiger partial charge in [-0.05, 0) is 25.0 Å². The van der Waals surface area contributed by atoms with E-state index in [-0.39, 0.29) is 0 Å². The summed E-state index contributed by atoms with van der Waals surface area (Å²) in [5.74, 6) is 0. The van der Waals surface area contributed by atoms with Crippen LogP contribution in [0.15, 0.2) is 18.2 Å². The molecule has 0 aliphatic carbocycles. The Kier molecular flexibility index (Phi) is 2.62. The van der Waals surface area contributed by atoms with Crippen LogP contribution in [0.1, 0.15) is 19.4 Å². The summed E-state index contributed by atoms with van der Waals surface area (Å²) in [7, 11) is 0. The molecule has 0 radical (unpaired) electrons. The smallest absolute Gasteiger partial charge is 0.0611 e. The minimum Gasteiger partial charge on any atom is -0.381 e. The first-order valence-electron chi connectivity index (χ1n) is 5.47. The summed E-state index contributed by atoms with van der Waals surface area (Å²) in [6.45, 7) is 7.71. The number of anilines is 2. The molecular formula is C12H18N2. The molecule has 76 valence electrons. The van der Waals surface area contributed by atoms with E-state index in [9.17, 15) is 0 Å². The molecular weight excluding hydrogens is 172 g/mol. The van der Waals surface area contributed by atoms with Gasteiger partial charge >= 0.3 is 0 Å². The van der Waals surface area contributed by atoms with Crippen LogP contribution in [0.5, 0.6) is 0 Å². The summed E-state index contributed by atoms with van der Waals surface area (Å²) < 4.78 is 0. The van der Waals surface area contributed by atoms with Crippen LogP contribution in [0, 0.1) is 0 Å². The van der Waals surface area contributed by atoms with Gasteiger partial charge in [-0.15, -0.1) is 0 Å². The Balaban J connectivity index is 2.43. The number of fused-ring (bicyclic) bond motifs is 1. The molecule has 2 heteroatoms. The lowest BCUT2D eigenvalue weighted by molar-refractivity contribution is 0.811. The highest BCUT2D eigenvalue weighted by Gasteiger charge is 2.16. The van der Waals surface area contributed by atoms with Crippen LogP contribution < -0.4 is 10.2 Å². The van der Waals surface area contributed by atoms with E-state index in [0.29, 0.717) is 0 Å². The van der Waals surface area contributed by atoms with Gasteiger partial charge in [0.05, 0.1) is 11.4 Å². The molecule has 14 heavy (non-hydrogen) atoms. The zero-order chi connectivity index (χ0) is 9.97. The van der Waals surface area contributed by atoms with Crippen molar-refractivity contribution in [1.82, 2.24) is 0 Å². The van der Waals surface area contributed by atoms with Crippen LogP contribution in [0.4, 0.5) is 11.4 Å². The van der Waals surface area contributed by atoms with Crippen molar-refractivity contribution in [1.29, 1.82) is 0 Å². The molecule has 0 unspecified atom stereocenters. The summed E-state index contributed by atoms with van der Waals surface area (Å²) >= 11 is 0. The van der Waals surface area contributed by atoms with Crippen LogP contribution in [0.3, 0.4) is 0 Å². The van der Waals surface area contributed by atoms with Crippen molar-refractivity contribution in [2.24, 2.45) is 0 Å². The number of nitrogens with one attached hydrogen (secondary N) is 1. The highest BCUT2D eigenvalue weighted by molar-refractivity contribution is 5.75. The summed E-state index contributed by atoms with van der Waals surface area (Å²) in [4.78, 5) is 2.44. The number of benzene rings is 1. The average Bonchev–Trinajstić information content (AvgIpc) is 2.27. The van der Waals surface area contributed by atoms with E-state index >= 15 is 0 Å². The highest BCUT2D eigenvalue weighted by Crippen LogP contribution is 2.32. The van der Waals surface area contributed by atoms with Crippen molar-refractivity contribution in [3.05, 3.63) is 23.8 Å². The van der Waals surface area contributed by atoms with Crippen molar-refractivity contribution in [3.8, 4) is 0 Å². The van der Waals surface area contributed by atoms with Gasteiger partial charge in [-0.1, -0.05) is 19.1 Å². The first kappa shape index (κ1) is 9.38. The molecule has 1 aliphatic heterocycles. The topological polar surface area (TPSA) is 15.3 Å². The van der Waals surface area contributed by atoms with Gasteiger partial charge in [-0.25, -0.2) is 0 Å². The number of hydrogen-bond acceptors (Lipinski definition) is 2. The Morgan fingerprint density at radius 1 is 1.36 bits per heavy atom. The van der Waals surface area contributed by atoms with Crippen LogP contribution >= 0.6 is 0 Å². The number of rotatable bonds is 2. The third-order valence-electron chi connectivity index (χ3n) is 2.92. The Hall–Kier alpha value is -1.18. The number of hydrogen-bond donors (Lipinski definition) is 1. The van der Waals surface area contributed by atoms with E-state index in [1.54, 1.807) is 0 Å². The Labute approximate surface area is 85.9 Å². The molecule has 2 nitrogen and oxygen atoms in total. The summed E-state index contributed by atoms with van der Waals surface area (Å²) in [5, 5.41) is 3.50. The van der Waals surface area contributed by atoms with Gasteiger partial charge in [0.15, 0.2) is 0 Å². The third-order valence-corrected chi connectivity index (χ3v) is 2.92. The van der Waals surface area contributed by atoms with Crippen molar-refractivity contribution in [2.75, 3.05) is 29.9 Å². The van der Waals surface area contributed by atoms with Gasteiger partial charge in [0, 0.05) is 19.6 Å². The fraction of sp³-hybridized carbons (Fsp3) is 0.500. The monoisotopic (exact) mass is 190 g/mol. The van der Waals surface area contributed by atoms with Crippen molar-refractivity contribution < 1.29 is 0 Å². The molecule has 1 N–H and O–H groups in total. The molecule has 0 saturated heterocycles. The van der Waals surface area contributed by atoms with Gasteiger partial charge in [0.2, 0.25) is 0 Å². The largest absolute Gasteiger partial charge is 0.381 e. The predicted octanol–water partition coefficient (Wildman–Crippen LogP) is 2.50. The summed E-state index contributed by atoms with van der Waals surface area (Å²) in [6, 6.07) is 6.59. The maximum atomic E-state index is 3.50. The predicted molar refractivity (Wildman–Crippen MR) is 62.2 cm³/mol. The normalized spacial score (nSPS) is 14.9. The molecule has 0 aromatic heterocycles. The second kappa shape index (κ2) is 3.91. The molecule has 1 heterocycles. The molecule has 0 bridgehead atoms. The molecule has 1 aromatic carbocycles. The molecule has 0 spiro atoms. The van der Waals surface area contributed by atoms with Crippen molar-refractivity contribution >= 4 is 11.4 Å². The number of para-hydroxylation sites is 1. The minimum absolute atomic E-state index is 1.07. The first-order valence-corrected chi connectivity index (χ1v) is 5.47. The molecule has 2 rings (SSSR count). The second-order valence-electron chi connectivity index (χ2n) is 3.67. The quantitative estimate of drug-likeness (QED) is 0.770. The molecule has 0 saturated carbocycles. The van der Waals surface area contributed by atoms with Crippen LogP contribution in [-0.4, -0.2) is 19.6 Å². The van der Waals surface area contributed by atoms with E-state index in [4.69, 9.17) is 0 Å². The SMILES string of the molecule is CCc1cccc2c1NCCN2CC. The van der Waals surface area contributed by atoms with Gasteiger partial charge in [-0.2, -0.15) is 0 Å². The van der Waals surface area contributed by atoms with Gasteiger partial charge in [0.25, 0.3) is 0 Å². The van der Waals surface area contributed by atoms with Crippen LogP contribution in [0.2, 0.25) is 0 Å². The second-order valence-corrected chi connectivity index (χ2v) is 3.67. The van der Waals surface area contributed by atoms with E-state index < -0.39 is 0 Å². The molecule has 0 fully saturated rings. The van der Waals surface area contributed by atoms with Gasteiger partial charge < -0.3 is 10.2 Å². The number of aryl methyl sites for hydroxylation is 1. The summed E-state index contributed by atoms with van der Waals surface area (Å²) in [6.07, 6.45) is 1.10. The standard InChI is InChI=1S/C12H18N2/c1-3-10-6-5-7-11-12(10)13-8-9-14(11)4-2/h5-7,13H,3-4,8-9H2,1-2H3. The van der Waals surface area contributed by atoms with E-state index in [2.05, 4.69) is 42.3 Å². The number of likely N-dealkylation sites (N-methyl/N-ethyl adjacent to an activating group) is 1. The molecule has 1 aromatic rings. The maximum absolute atomic E-state index is 3.50. The fourth-order valence-electron chi connectivity index (χ4n) is 2.11. The van der Waals surface area contributed by atoms with Crippen LogP contribution in [-0.2, 0) is 6.42 Å². The van der Waals surface area contributed by atoms with Crippen LogP contribution in [0.25, 0.3) is 0 Å². The van der Waals surface area contributed by atoms with Crippen molar-refractivity contribution in [3.63, 3.8) is 0 Å². The first-order chi connectivity index (χ1) is 6.86. The Morgan fingerprint density at radius 2 is 2.21 bits per heavy atom. The lowest BCUT2D eigenvalue weighted by Crippen LogP contribution is -2.34. The molecule has 1 aliphatic rings. The van der Waals surface area contributed by atoms with E-state index in [0.717, 1.165) is 26.1 Å². The Bertz CT molecular complexity index is 320. The van der Waals surface area contributed by atoms with E-state index in [1.807, 2.05) is 0 Å². The van der Waals surface area contributed by atoms with Gasteiger partial charge in [0.1, 0.15) is 0 Å². The third kappa shape index (κ3) is 1.45. The fourth-order valence-corrected chi connectivity index (χ4v) is 2.11. The zero-order valence-electron chi connectivity index (χ0n) is 9.01.